The Hall–Kier alpha value is -6.10. The van der Waals surface area contributed by atoms with Gasteiger partial charge in [-0.1, -0.05) is 36.4 Å². The number of fused-ring (bicyclic) bond motifs is 7. The van der Waals surface area contributed by atoms with Gasteiger partial charge in [0.15, 0.2) is 6.61 Å². The maximum absolute atomic E-state index is 13.9. The van der Waals surface area contributed by atoms with Crippen molar-refractivity contribution < 1.29 is 28.6 Å². The molecule has 1 saturated heterocycles. The van der Waals surface area contributed by atoms with Crippen LogP contribution in [0.2, 0.25) is 0 Å². The lowest BCUT2D eigenvalue weighted by molar-refractivity contribution is -0.123. The van der Waals surface area contributed by atoms with Crippen LogP contribution < -0.4 is 24.8 Å². The minimum atomic E-state index is -0.515. The smallest absolute Gasteiger partial charge is 0.258 e. The number of nitrogens with one attached hydrogen (secondary N) is 2. The van der Waals surface area contributed by atoms with E-state index in [1.54, 1.807) is 42.5 Å². The van der Waals surface area contributed by atoms with Crippen molar-refractivity contribution in [3.05, 3.63) is 132 Å². The van der Waals surface area contributed by atoms with E-state index < -0.39 is 12.1 Å². The van der Waals surface area contributed by atoms with Gasteiger partial charge in [-0.15, -0.1) is 0 Å². The quantitative estimate of drug-likeness (QED) is 0.284. The molecule has 0 aliphatic carbocycles. The standard InChI is InChI=1S/C39H37N5O6/c1-48-35-14-11-29-21-33(35)28-6-3-8-32(20-28)49-25-37(45)40-22-26-9-12-31(13-10-26)50-36-15-18-43(24-34(36)42-38(29)46)39(47)30-7-2-5-27(19-30)23-44-17-4-16-41-44/h2-14,16-17,19-21,34,36H,15,18,22-25H2,1H3,(H,40,45)(H,42,46)/t34-,36-/m1/s1. The highest BCUT2D eigenvalue weighted by Gasteiger charge is 2.35. The normalized spacial score (nSPS) is 17.7. The summed E-state index contributed by atoms with van der Waals surface area (Å²) in [7, 11) is 1.57. The third kappa shape index (κ3) is 7.46. The Balaban J connectivity index is 1.18. The van der Waals surface area contributed by atoms with Gasteiger partial charge in [0, 0.05) is 55.1 Å². The minimum absolute atomic E-state index is 0.119. The maximum atomic E-state index is 13.9. The molecule has 3 amide bonds. The fourth-order valence-electron chi connectivity index (χ4n) is 6.30. The average Bonchev–Trinajstić information content (AvgIpc) is 3.66. The molecule has 4 aromatic carbocycles. The highest BCUT2D eigenvalue weighted by atomic mass is 16.5. The van der Waals surface area contributed by atoms with Gasteiger partial charge in [-0.2, -0.15) is 5.10 Å². The predicted octanol–water partition coefficient (Wildman–Crippen LogP) is 4.71. The zero-order valence-corrected chi connectivity index (χ0v) is 27.6. The summed E-state index contributed by atoms with van der Waals surface area (Å²) < 4.78 is 19.7. The molecule has 254 valence electrons. The van der Waals surface area contributed by atoms with Crippen LogP contribution in [0.25, 0.3) is 11.1 Å². The number of ether oxygens (including phenoxy) is 3. The molecule has 50 heavy (non-hydrogen) atoms. The topological polar surface area (TPSA) is 124 Å². The van der Waals surface area contributed by atoms with E-state index in [4.69, 9.17) is 14.2 Å². The molecule has 4 heterocycles. The third-order valence-electron chi connectivity index (χ3n) is 8.91. The molecule has 0 saturated carbocycles. The SMILES string of the molecule is COc1ccc2cc1-c1cccc(c1)OCC(=O)NCc1ccc(cc1)O[C@@H]1CCN(C(=O)c3cccc(Cn4cccn4)c3)C[C@H]1NC2=O. The molecule has 11 nitrogen and oxygen atoms in total. The van der Waals surface area contributed by atoms with Crippen LogP contribution in [-0.4, -0.2) is 71.4 Å². The lowest BCUT2D eigenvalue weighted by Crippen LogP contribution is -2.58. The number of amides is 3. The van der Waals surface area contributed by atoms with Gasteiger partial charge in [0.25, 0.3) is 17.7 Å². The summed E-state index contributed by atoms with van der Waals surface area (Å²) in [6.07, 6.45) is 3.70. The lowest BCUT2D eigenvalue weighted by Gasteiger charge is -2.39. The van der Waals surface area contributed by atoms with E-state index in [-0.39, 0.29) is 30.9 Å². The monoisotopic (exact) mass is 671 g/mol. The van der Waals surface area contributed by atoms with Crippen molar-refractivity contribution in [2.75, 3.05) is 26.8 Å². The van der Waals surface area contributed by atoms with Crippen molar-refractivity contribution in [3.63, 3.8) is 0 Å². The summed E-state index contributed by atoms with van der Waals surface area (Å²) in [6.45, 7) is 1.44. The van der Waals surface area contributed by atoms with E-state index in [2.05, 4.69) is 15.7 Å². The van der Waals surface area contributed by atoms with Gasteiger partial charge in [0.1, 0.15) is 23.4 Å². The zero-order chi connectivity index (χ0) is 34.5. The van der Waals surface area contributed by atoms with Crippen LogP contribution in [0.4, 0.5) is 0 Å². The lowest BCUT2D eigenvalue weighted by atomic mass is 9.98. The summed E-state index contributed by atoms with van der Waals surface area (Å²) in [5.41, 5.74) is 4.29. The molecule has 2 N–H and O–H groups in total. The predicted molar refractivity (Wildman–Crippen MR) is 186 cm³/mol. The van der Waals surface area contributed by atoms with Crippen LogP contribution in [0.5, 0.6) is 17.2 Å². The van der Waals surface area contributed by atoms with E-state index >= 15 is 0 Å². The maximum Gasteiger partial charge on any atom is 0.258 e. The van der Waals surface area contributed by atoms with Crippen LogP contribution >= 0.6 is 0 Å². The summed E-state index contributed by atoms with van der Waals surface area (Å²) in [5, 5.41) is 10.4. The van der Waals surface area contributed by atoms with Crippen molar-refractivity contribution in [1.29, 1.82) is 0 Å². The highest BCUT2D eigenvalue weighted by Crippen LogP contribution is 2.33. The van der Waals surface area contributed by atoms with Crippen LogP contribution in [0.15, 0.2) is 109 Å². The van der Waals surface area contributed by atoms with Gasteiger partial charge in [-0.3, -0.25) is 19.1 Å². The van der Waals surface area contributed by atoms with Crippen molar-refractivity contribution in [2.24, 2.45) is 0 Å². The fourth-order valence-corrected chi connectivity index (χ4v) is 6.30. The van der Waals surface area contributed by atoms with E-state index in [1.807, 2.05) is 83.7 Å². The van der Waals surface area contributed by atoms with Crippen molar-refractivity contribution in [1.82, 2.24) is 25.3 Å². The molecular formula is C39H37N5O6. The first kappa shape index (κ1) is 32.4. The summed E-state index contributed by atoms with van der Waals surface area (Å²) >= 11 is 0. The Labute approximate surface area is 289 Å². The molecule has 0 spiro atoms. The number of hydrogen-bond donors (Lipinski definition) is 2. The molecule has 0 radical (unpaired) electrons. The van der Waals surface area contributed by atoms with Gasteiger partial charge in [-0.05, 0) is 77.4 Å². The molecule has 3 aliphatic rings. The number of rotatable bonds is 4. The van der Waals surface area contributed by atoms with Gasteiger partial charge < -0.3 is 29.7 Å². The highest BCUT2D eigenvalue weighted by molar-refractivity contribution is 5.97. The summed E-state index contributed by atoms with van der Waals surface area (Å²) in [6, 6.07) is 28.9. The van der Waals surface area contributed by atoms with Crippen LogP contribution in [0.3, 0.4) is 0 Å². The molecule has 1 fully saturated rings. The number of methoxy groups -OCH3 is 1. The Bertz CT molecular complexity index is 1990. The van der Waals surface area contributed by atoms with E-state index in [1.165, 1.54) is 0 Å². The molecule has 8 rings (SSSR count). The summed E-state index contributed by atoms with van der Waals surface area (Å²) in [4.78, 5) is 42.2. The second-order valence-electron chi connectivity index (χ2n) is 12.3. The first-order chi connectivity index (χ1) is 24.4. The molecule has 3 aliphatic heterocycles. The number of nitrogens with zero attached hydrogens (tertiary/aromatic N) is 3. The van der Waals surface area contributed by atoms with Gasteiger partial charge in [0.05, 0.1) is 19.7 Å². The number of carbonyl (C=O) groups excluding carboxylic acids is 3. The van der Waals surface area contributed by atoms with Crippen molar-refractivity contribution >= 4 is 17.7 Å². The van der Waals surface area contributed by atoms with E-state index in [0.717, 1.165) is 16.7 Å². The first-order valence-corrected chi connectivity index (χ1v) is 16.5. The molecule has 2 atom stereocenters. The Morgan fingerprint density at radius 1 is 0.940 bits per heavy atom. The van der Waals surface area contributed by atoms with E-state index in [9.17, 15) is 14.4 Å². The second kappa shape index (κ2) is 14.6. The number of benzene rings is 4. The Kier molecular flexibility index (Phi) is 9.45. The van der Waals surface area contributed by atoms with E-state index in [0.29, 0.717) is 60.0 Å². The van der Waals surface area contributed by atoms with Crippen LogP contribution in [-0.2, 0) is 17.9 Å². The Morgan fingerprint density at radius 2 is 1.80 bits per heavy atom. The van der Waals surface area contributed by atoms with Crippen molar-refractivity contribution in [3.8, 4) is 28.4 Å². The summed E-state index contributed by atoms with van der Waals surface area (Å²) in [5.74, 6) is 1.02. The molecule has 11 heteroatoms. The zero-order valence-electron chi connectivity index (χ0n) is 27.6. The van der Waals surface area contributed by atoms with Gasteiger partial charge in [-0.25, -0.2) is 0 Å². The second-order valence-corrected chi connectivity index (χ2v) is 12.3. The minimum Gasteiger partial charge on any atom is -0.496 e. The number of piperidine rings is 1. The molecular weight excluding hydrogens is 634 g/mol. The van der Waals surface area contributed by atoms with Gasteiger partial charge >= 0.3 is 0 Å². The largest absolute Gasteiger partial charge is 0.496 e. The molecule has 0 unspecified atom stereocenters. The first-order valence-electron chi connectivity index (χ1n) is 16.5. The van der Waals surface area contributed by atoms with Crippen LogP contribution in [0, 0.1) is 0 Å². The number of hydrogen-bond acceptors (Lipinski definition) is 7. The fraction of sp³-hybridized carbons (Fsp3) is 0.231. The molecule has 1 aromatic heterocycles. The molecule has 6 bridgehead atoms. The number of carbonyl (C=O) groups is 3. The third-order valence-corrected chi connectivity index (χ3v) is 8.91. The number of aromatic nitrogens is 2. The van der Waals surface area contributed by atoms with Crippen LogP contribution in [0.1, 0.15) is 38.3 Å². The van der Waals surface area contributed by atoms with Gasteiger partial charge in [0.2, 0.25) is 0 Å². The average molecular weight is 672 g/mol. The molecule has 5 aromatic rings. The number of likely N-dealkylation sites (tertiary alicyclic amines) is 1. The van der Waals surface area contributed by atoms with Crippen molar-refractivity contribution in [2.45, 2.75) is 31.7 Å². The Morgan fingerprint density at radius 3 is 2.62 bits per heavy atom.